The Morgan fingerprint density at radius 2 is 2.11 bits per heavy atom. The zero-order valence-electron chi connectivity index (χ0n) is 9.76. The van der Waals surface area contributed by atoms with E-state index in [0.717, 1.165) is 5.56 Å². The van der Waals surface area contributed by atoms with Crippen molar-refractivity contribution < 1.29 is 0 Å². The van der Waals surface area contributed by atoms with Gasteiger partial charge in [0.15, 0.2) is 5.82 Å². The number of rotatable bonds is 4. The van der Waals surface area contributed by atoms with E-state index in [9.17, 15) is 0 Å². The van der Waals surface area contributed by atoms with Crippen LogP contribution in [-0.4, -0.2) is 15.0 Å². The average Bonchev–Trinajstić information content (AvgIpc) is 2.42. The highest BCUT2D eigenvalue weighted by Crippen LogP contribution is 2.28. The fourth-order valence-electron chi connectivity index (χ4n) is 1.49. The van der Waals surface area contributed by atoms with E-state index in [2.05, 4.69) is 41.6 Å². The molecule has 0 fully saturated rings. The lowest BCUT2D eigenvalue weighted by atomic mass is 10.1. The van der Waals surface area contributed by atoms with Crippen LogP contribution < -0.4 is 16.6 Å². The van der Waals surface area contributed by atoms with E-state index in [1.807, 2.05) is 25.3 Å². The molecule has 1 atom stereocenters. The van der Waals surface area contributed by atoms with Gasteiger partial charge in [0.05, 0.1) is 6.04 Å². The van der Waals surface area contributed by atoms with Crippen LogP contribution in [0.5, 0.6) is 0 Å². The lowest BCUT2D eigenvalue weighted by Gasteiger charge is -2.16. The number of pyridine rings is 1. The Labute approximate surface area is 113 Å². The second-order valence-electron chi connectivity index (χ2n) is 3.68. The molecular weight excluding hydrogens is 296 g/mol. The number of halogens is 1. The summed E-state index contributed by atoms with van der Waals surface area (Å²) in [5, 5.41) is 3.27. The topological polar surface area (TPSA) is 88.8 Å². The molecule has 2 rings (SSSR count). The molecule has 1 unspecified atom stereocenters. The summed E-state index contributed by atoms with van der Waals surface area (Å²) >= 11 is 3.40. The predicted octanol–water partition coefficient (Wildman–Crippen LogP) is 2.09. The number of nitrogen functional groups attached to an aromatic ring is 1. The van der Waals surface area contributed by atoms with E-state index in [0.29, 0.717) is 16.1 Å². The van der Waals surface area contributed by atoms with Gasteiger partial charge in [0.25, 0.3) is 0 Å². The number of hydrogen-bond acceptors (Lipinski definition) is 6. The second-order valence-corrected chi connectivity index (χ2v) is 4.47. The molecule has 7 heteroatoms. The highest BCUT2D eigenvalue weighted by atomic mass is 79.9. The van der Waals surface area contributed by atoms with E-state index >= 15 is 0 Å². The Morgan fingerprint density at radius 3 is 2.78 bits per heavy atom. The third kappa shape index (κ3) is 2.74. The summed E-state index contributed by atoms with van der Waals surface area (Å²) in [5.41, 5.74) is 3.57. The van der Waals surface area contributed by atoms with Crippen molar-refractivity contribution in [1.29, 1.82) is 0 Å². The predicted molar refractivity (Wildman–Crippen MR) is 73.8 cm³/mol. The first-order valence-electron chi connectivity index (χ1n) is 5.36. The quantitative estimate of drug-likeness (QED) is 0.592. The zero-order valence-corrected chi connectivity index (χ0v) is 11.3. The summed E-state index contributed by atoms with van der Waals surface area (Å²) in [6.07, 6.45) is 5.00. The third-order valence-electron chi connectivity index (χ3n) is 2.46. The molecule has 2 aromatic heterocycles. The Kier molecular flexibility index (Phi) is 4.06. The molecule has 0 aromatic carbocycles. The number of hydrogen-bond donors (Lipinski definition) is 3. The van der Waals surface area contributed by atoms with Crippen LogP contribution >= 0.6 is 15.9 Å². The first-order valence-corrected chi connectivity index (χ1v) is 6.15. The van der Waals surface area contributed by atoms with Crippen molar-refractivity contribution in [1.82, 2.24) is 15.0 Å². The summed E-state index contributed by atoms with van der Waals surface area (Å²) in [6.45, 7) is 2.03. The maximum atomic E-state index is 5.35. The third-order valence-corrected chi connectivity index (χ3v) is 3.21. The van der Waals surface area contributed by atoms with Crippen LogP contribution in [0.2, 0.25) is 0 Å². The maximum absolute atomic E-state index is 5.35. The summed E-state index contributed by atoms with van der Waals surface area (Å²) in [5.74, 6) is 6.56. The van der Waals surface area contributed by atoms with E-state index < -0.39 is 0 Å². The van der Waals surface area contributed by atoms with Gasteiger partial charge in [0, 0.05) is 12.4 Å². The van der Waals surface area contributed by atoms with Crippen LogP contribution in [0.15, 0.2) is 35.3 Å². The minimum absolute atomic E-state index is 0.0792. The lowest BCUT2D eigenvalue weighted by Crippen LogP contribution is -2.13. The molecule has 18 heavy (non-hydrogen) atoms. The first kappa shape index (κ1) is 12.7. The minimum atomic E-state index is 0.0792. The molecule has 94 valence electrons. The number of nitrogens with zero attached hydrogens (tertiary/aromatic N) is 3. The monoisotopic (exact) mass is 308 g/mol. The molecule has 0 saturated carbocycles. The van der Waals surface area contributed by atoms with Crippen molar-refractivity contribution in [3.63, 3.8) is 0 Å². The fraction of sp³-hybridized carbons (Fsp3) is 0.182. The summed E-state index contributed by atoms with van der Waals surface area (Å²) in [6, 6.07) is 3.98. The second kappa shape index (κ2) is 5.74. The van der Waals surface area contributed by atoms with Crippen molar-refractivity contribution in [2.75, 3.05) is 10.7 Å². The van der Waals surface area contributed by atoms with E-state index in [-0.39, 0.29) is 6.04 Å². The Hall–Kier alpha value is -1.73. The largest absolute Gasteiger partial charge is 0.362 e. The van der Waals surface area contributed by atoms with Gasteiger partial charge in [-0.15, -0.1) is 0 Å². The SMILES string of the molecule is CC(Nc1ncnc(NN)c1Br)c1cccnc1. The molecule has 0 bridgehead atoms. The summed E-state index contributed by atoms with van der Waals surface area (Å²) in [7, 11) is 0. The smallest absolute Gasteiger partial charge is 0.159 e. The molecule has 6 nitrogen and oxygen atoms in total. The molecule has 2 aromatic rings. The van der Waals surface area contributed by atoms with Crippen molar-refractivity contribution >= 4 is 27.6 Å². The van der Waals surface area contributed by atoms with Gasteiger partial charge in [0.2, 0.25) is 0 Å². The van der Waals surface area contributed by atoms with Crippen molar-refractivity contribution in [2.24, 2.45) is 5.84 Å². The van der Waals surface area contributed by atoms with Gasteiger partial charge in [-0.25, -0.2) is 15.8 Å². The van der Waals surface area contributed by atoms with Crippen molar-refractivity contribution in [3.05, 3.63) is 40.9 Å². The summed E-state index contributed by atoms with van der Waals surface area (Å²) in [4.78, 5) is 12.2. The standard InChI is InChI=1S/C11H13BrN6/c1-7(8-3-2-4-14-5-8)17-10-9(12)11(18-13)16-6-15-10/h2-7H,13H2,1H3,(H2,15,16,17,18). The molecule has 0 saturated heterocycles. The molecule has 0 amide bonds. The normalized spacial score (nSPS) is 11.9. The average molecular weight is 309 g/mol. The van der Waals surface area contributed by atoms with Crippen LogP contribution in [0.1, 0.15) is 18.5 Å². The number of nitrogens with one attached hydrogen (secondary N) is 2. The molecule has 0 spiro atoms. The molecule has 2 heterocycles. The first-order chi connectivity index (χ1) is 8.72. The van der Waals surface area contributed by atoms with Gasteiger partial charge in [0.1, 0.15) is 16.6 Å². The number of aromatic nitrogens is 3. The highest BCUT2D eigenvalue weighted by molar-refractivity contribution is 9.10. The zero-order chi connectivity index (χ0) is 13.0. The number of hydrazine groups is 1. The van der Waals surface area contributed by atoms with E-state index in [1.165, 1.54) is 6.33 Å². The van der Waals surface area contributed by atoms with Crippen LogP contribution in [0.4, 0.5) is 11.6 Å². The Balaban J connectivity index is 2.19. The minimum Gasteiger partial charge on any atom is -0.362 e. The molecule has 0 aliphatic rings. The fourth-order valence-corrected chi connectivity index (χ4v) is 1.93. The highest BCUT2D eigenvalue weighted by Gasteiger charge is 2.11. The van der Waals surface area contributed by atoms with Gasteiger partial charge in [-0.05, 0) is 34.5 Å². The number of anilines is 2. The van der Waals surface area contributed by atoms with Gasteiger partial charge in [-0.1, -0.05) is 6.07 Å². The van der Waals surface area contributed by atoms with Gasteiger partial charge >= 0.3 is 0 Å². The number of nitrogens with two attached hydrogens (primary N) is 1. The van der Waals surface area contributed by atoms with Gasteiger partial charge in [-0.3, -0.25) is 4.98 Å². The molecule has 0 radical (unpaired) electrons. The molecular formula is C11H13BrN6. The molecule has 4 N–H and O–H groups in total. The van der Waals surface area contributed by atoms with Crippen LogP contribution in [0, 0.1) is 0 Å². The van der Waals surface area contributed by atoms with Crippen LogP contribution in [-0.2, 0) is 0 Å². The van der Waals surface area contributed by atoms with Crippen LogP contribution in [0.3, 0.4) is 0 Å². The summed E-state index contributed by atoms with van der Waals surface area (Å²) < 4.78 is 0.697. The van der Waals surface area contributed by atoms with Gasteiger partial charge in [-0.2, -0.15) is 0 Å². The van der Waals surface area contributed by atoms with E-state index in [1.54, 1.807) is 6.20 Å². The molecule has 0 aliphatic carbocycles. The Morgan fingerprint density at radius 1 is 1.33 bits per heavy atom. The van der Waals surface area contributed by atoms with Crippen LogP contribution in [0.25, 0.3) is 0 Å². The maximum Gasteiger partial charge on any atom is 0.159 e. The van der Waals surface area contributed by atoms with E-state index in [4.69, 9.17) is 5.84 Å². The molecule has 0 aliphatic heterocycles. The Bertz CT molecular complexity index is 518. The lowest BCUT2D eigenvalue weighted by molar-refractivity contribution is 0.862. The van der Waals surface area contributed by atoms with Crippen molar-refractivity contribution in [2.45, 2.75) is 13.0 Å². The van der Waals surface area contributed by atoms with Crippen molar-refractivity contribution in [3.8, 4) is 0 Å². The van der Waals surface area contributed by atoms with Gasteiger partial charge < -0.3 is 10.7 Å².